The number of benzene rings is 2. The molecule has 5 nitrogen and oxygen atoms in total. The number of hydrogen-bond donors (Lipinski definition) is 3. The summed E-state index contributed by atoms with van der Waals surface area (Å²) in [6.07, 6.45) is 0. The lowest BCUT2D eigenvalue weighted by atomic mass is 10.1. The van der Waals surface area contributed by atoms with Crippen molar-refractivity contribution >= 4 is 34.6 Å². The first-order chi connectivity index (χ1) is 9.92. The Morgan fingerprint density at radius 2 is 2.10 bits per heavy atom. The van der Waals surface area contributed by atoms with Crippen LogP contribution < -0.4 is 15.8 Å². The Labute approximate surface area is 125 Å². The van der Waals surface area contributed by atoms with Crippen molar-refractivity contribution in [2.75, 3.05) is 18.2 Å². The number of nitrogens with two attached hydrogens (primary N) is 1. The van der Waals surface area contributed by atoms with Gasteiger partial charge in [-0.2, -0.15) is 0 Å². The molecule has 0 aliphatic rings. The van der Waals surface area contributed by atoms with Gasteiger partial charge in [-0.15, -0.1) is 0 Å². The maximum Gasteiger partial charge on any atom is 0.337 e. The molecule has 0 saturated carbocycles. The summed E-state index contributed by atoms with van der Waals surface area (Å²) in [5.74, 6) is -1.67. The molecule has 4 N–H and O–H groups in total. The number of carboxylic acid groups (broad SMARTS) is 1. The normalized spacial score (nSPS) is 10.2. The number of methoxy groups -OCH3 is 1. The molecule has 0 aromatic heterocycles. The van der Waals surface area contributed by atoms with E-state index >= 15 is 0 Å². The maximum atomic E-state index is 13.4. The summed E-state index contributed by atoms with van der Waals surface area (Å²) in [7, 11) is 1.33. The van der Waals surface area contributed by atoms with Gasteiger partial charge in [0.15, 0.2) is 11.6 Å². The molecular weight excluding hydrogens is 299 g/mol. The quantitative estimate of drug-likeness (QED) is 0.752. The summed E-state index contributed by atoms with van der Waals surface area (Å²) in [5, 5.41) is 12.2. The molecule has 2 aromatic carbocycles. The van der Waals surface area contributed by atoms with Gasteiger partial charge in [0, 0.05) is 17.4 Å². The molecule has 0 aliphatic carbocycles. The van der Waals surface area contributed by atoms with Crippen molar-refractivity contribution < 1.29 is 19.0 Å². The molecule has 7 heteroatoms. The SMILES string of the molecule is COc1cc(Nc2c(Cl)cc(N)cc2C(=O)O)ccc1F. The van der Waals surface area contributed by atoms with Gasteiger partial charge in [-0.3, -0.25) is 0 Å². The highest BCUT2D eigenvalue weighted by Crippen LogP contribution is 2.33. The zero-order valence-electron chi connectivity index (χ0n) is 11.0. The first-order valence-electron chi connectivity index (χ1n) is 5.85. The summed E-state index contributed by atoms with van der Waals surface area (Å²) >= 11 is 6.02. The van der Waals surface area contributed by atoms with Crippen LogP contribution >= 0.6 is 11.6 Å². The average Bonchev–Trinajstić information content (AvgIpc) is 2.43. The molecular formula is C14H12ClFN2O3. The van der Waals surface area contributed by atoms with Crippen LogP contribution in [0.4, 0.5) is 21.5 Å². The molecule has 0 fully saturated rings. The largest absolute Gasteiger partial charge is 0.494 e. The number of halogens is 2. The Hall–Kier alpha value is -2.47. The van der Waals surface area contributed by atoms with Crippen LogP contribution in [0.2, 0.25) is 5.02 Å². The number of nitrogens with one attached hydrogen (secondary N) is 1. The van der Waals surface area contributed by atoms with Gasteiger partial charge < -0.3 is 20.9 Å². The number of ether oxygens (including phenoxy) is 1. The highest BCUT2D eigenvalue weighted by atomic mass is 35.5. The van der Waals surface area contributed by atoms with E-state index in [1.807, 2.05) is 0 Å². The van der Waals surface area contributed by atoms with Gasteiger partial charge in [0.05, 0.1) is 23.4 Å². The molecule has 21 heavy (non-hydrogen) atoms. The van der Waals surface area contributed by atoms with Crippen molar-refractivity contribution in [2.45, 2.75) is 0 Å². The van der Waals surface area contributed by atoms with Gasteiger partial charge >= 0.3 is 5.97 Å². The van der Waals surface area contributed by atoms with E-state index < -0.39 is 11.8 Å². The Bertz CT molecular complexity index is 707. The van der Waals surface area contributed by atoms with Crippen LogP contribution in [0, 0.1) is 5.82 Å². The Morgan fingerprint density at radius 3 is 2.71 bits per heavy atom. The standard InChI is InChI=1S/C14H12ClFN2O3/c1-21-12-6-8(2-3-11(12)16)18-13-9(14(19)20)4-7(17)5-10(13)15/h2-6,18H,17H2,1H3,(H,19,20). The molecule has 2 rings (SSSR count). The summed E-state index contributed by atoms with van der Waals surface area (Å²) in [5.41, 5.74) is 6.34. The van der Waals surface area contributed by atoms with Crippen molar-refractivity contribution in [1.82, 2.24) is 0 Å². The summed E-state index contributed by atoms with van der Waals surface area (Å²) < 4.78 is 18.2. The minimum absolute atomic E-state index is 0.0310. The lowest BCUT2D eigenvalue weighted by Gasteiger charge is -2.13. The second-order valence-electron chi connectivity index (χ2n) is 4.20. The Morgan fingerprint density at radius 1 is 1.38 bits per heavy atom. The number of aromatic carboxylic acids is 1. The molecule has 0 bridgehead atoms. The number of nitrogen functional groups attached to an aromatic ring is 1. The van der Waals surface area contributed by atoms with Crippen LogP contribution in [0.15, 0.2) is 30.3 Å². The molecule has 2 aromatic rings. The van der Waals surface area contributed by atoms with Crippen LogP contribution in [0.25, 0.3) is 0 Å². The molecule has 0 heterocycles. The Balaban J connectivity index is 2.46. The lowest BCUT2D eigenvalue weighted by molar-refractivity contribution is 0.0698. The predicted octanol–water partition coefficient (Wildman–Crippen LogP) is 3.51. The van der Waals surface area contributed by atoms with Gasteiger partial charge in [0.2, 0.25) is 0 Å². The highest BCUT2D eigenvalue weighted by molar-refractivity contribution is 6.34. The van der Waals surface area contributed by atoms with Gasteiger partial charge in [0.1, 0.15) is 0 Å². The van der Waals surface area contributed by atoms with Crippen LogP contribution in [0.3, 0.4) is 0 Å². The molecule has 0 spiro atoms. The number of hydrogen-bond acceptors (Lipinski definition) is 4. The van der Waals surface area contributed by atoms with E-state index in [9.17, 15) is 14.3 Å². The average molecular weight is 311 g/mol. The number of rotatable bonds is 4. The van der Waals surface area contributed by atoms with E-state index in [0.29, 0.717) is 5.69 Å². The number of anilines is 3. The third-order valence-electron chi connectivity index (χ3n) is 2.76. The fourth-order valence-corrected chi connectivity index (χ4v) is 2.08. The van der Waals surface area contributed by atoms with Crippen molar-refractivity contribution in [3.8, 4) is 5.75 Å². The molecule has 0 radical (unpaired) electrons. The molecule has 0 saturated heterocycles. The summed E-state index contributed by atoms with van der Waals surface area (Å²) in [6, 6.07) is 6.75. The van der Waals surface area contributed by atoms with E-state index in [1.54, 1.807) is 0 Å². The van der Waals surface area contributed by atoms with Crippen molar-refractivity contribution in [2.24, 2.45) is 0 Å². The van der Waals surface area contributed by atoms with Gasteiger partial charge in [-0.25, -0.2) is 9.18 Å². The van der Waals surface area contributed by atoms with Gasteiger partial charge in [-0.1, -0.05) is 11.6 Å². The molecule has 0 aliphatic heterocycles. The van der Waals surface area contributed by atoms with E-state index in [2.05, 4.69) is 5.32 Å². The minimum Gasteiger partial charge on any atom is -0.494 e. The Kier molecular flexibility index (Phi) is 4.18. The van der Waals surface area contributed by atoms with E-state index in [-0.39, 0.29) is 27.7 Å². The molecule has 0 atom stereocenters. The van der Waals surface area contributed by atoms with Crippen LogP contribution in [-0.2, 0) is 0 Å². The monoisotopic (exact) mass is 310 g/mol. The predicted molar refractivity (Wildman–Crippen MR) is 79.1 cm³/mol. The summed E-state index contributed by atoms with van der Waals surface area (Å²) in [4.78, 5) is 11.3. The highest BCUT2D eigenvalue weighted by Gasteiger charge is 2.15. The fraction of sp³-hybridized carbons (Fsp3) is 0.0714. The molecule has 0 amide bonds. The van der Waals surface area contributed by atoms with Gasteiger partial charge in [-0.05, 0) is 24.3 Å². The topological polar surface area (TPSA) is 84.6 Å². The minimum atomic E-state index is -1.18. The smallest absolute Gasteiger partial charge is 0.337 e. The van der Waals surface area contributed by atoms with Crippen molar-refractivity contribution in [3.05, 3.63) is 46.7 Å². The fourth-order valence-electron chi connectivity index (χ4n) is 1.81. The van der Waals surface area contributed by atoms with E-state index in [0.717, 1.165) is 0 Å². The first kappa shape index (κ1) is 14.9. The third-order valence-corrected chi connectivity index (χ3v) is 3.06. The van der Waals surface area contributed by atoms with E-state index in [1.165, 1.54) is 37.4 Å². The molecule has 110 valence electrons. The summed E-state index contributed by atoms with van der Waals surface area (Å²) in [6.45, 7) is 0. The molecule has 0 unspecified atom stereocenters. The van der Waals surface area contributed by atoms with Crippen LogP contribution in [0.5, 0.6) is 5.75 Å². The van der Waals surface area contributed by atoms with E-state index in [4.69, 9.17) is 22.1 Å². The number of carbonyl (C=O) groups is 1. The third kappa shape index (κ3) is 3.17. The maximum absolute atomic E-state index is 13.4. The van der Waals surface area contributed by atoms with Crippen molar-refractivity contribution in [1.29, 1.82) is 0 Å². The first-order valence-corrected chi connectivity index (χ1v) is 6.23. The van der Waals surface area contributed by atoms with Gasteiger partial charge in [0.25, 0.3) is 0 Å². The van der Waals surface area contributed by atoms with Crippen molar-refractivity contribution in [3.63, 3.8) is 0 Å². The zero-order chi connectivity index (χ0) is 15.6. The van der Waals surface area contributed by atoms with Crippen LogP contribution in [-0.4, -0.2) is 18.2 Å². The second kappa shape index (κ2) is 5.88. The number of carboxylic acids is 1. The van der Waals surface area contributed by atoms with Crippen LogP contribution in [0.1, 0.15) is 10.4 Å². The lowest BCUT2D eigenvalue weighted by Crippen LogP contribution is -2.05. The zero-order valence-corrected chi connectivity index (χ0v) is 11.7. The second-order valence-corrected chi connectivity index (χ2v) is 4.61.